The summed E-state index contributed by atoms with van der Waals surface area (Å²) in [7, 11) is -2.35. The second-order valence-electron chi connectivity index (χ2n) is 6.45. The molecule has 0 saturated carbocycles. The van der Waals surface area contributed by atoms with Crippen LogP contribution in [-0.4, -0.2) is 41.1 Å². The van der Waals surface area contributed by atoms with Gasteiger partial charge in [-0.05, 0) is 56.2 Å². The van der Waals surface area contributed by atoms with E-state index in [1.165, 1.54) is 0 Å². The summed E-state index contributed by atoms with van der Waals surface area (Å²) in [5.41, 5.74) is 2.02. The predicted octanol–water partition coefficient (Wildman–Crippen LogP) is 3.30. The summed E-state index contributed by atoms with van der Waals surface area (Å²) >= 11 is 6.02. The molecule has 0 radical (unpaired) electrons. The van der Waals surface area contributed by atoms with Crippen LogP contribution in [0.5, 0.6) is 0 Å². The number of halogens is 1. The maximum atomic E-state index is 13.3. The van der Waals surface area contributed by atoms with E-state index in [9.17, 15) is 13.2 Å². The number of amides is 1. The van der Waals surface area contributed by atoms with Gasteiger partial charge in [0.05, 0.1) is 10.6 Å². The molecule has 0 heterocycles. The van der Waals surface area contributed by atoms with E-state index in [1.54, 1.807) is 56.5 Å². The van der Waals surface area contributed by atoms with Gasteiger partial charge in [-0.3, -0.25) is 9.10 Å². The lowest BCUT2D eigenvalue weighted by atomic mass is 10.2. The molecule has 28 heavy (non-hydrogen) atoms. The third-order valence-corrected chi connectivity index (χ3v) is 6.18. The van der Waals surface area contributed by atoms with Crippen LogP contribution in [-0.2, 0) is 19.6 Å². The van der Waals surface area contributed by atoms with Gasteiger partial charge in [0.2, 0.25) is 5.91 Å². The number of rotatable bonds is 9. The van der Waals surface area contributed by atoms with Crippen LogP contribution in [0.15, 0.2) is 47.4 Å². The minimum Gasteiger partial charge on any atom is -0.385 e. The van der Waals surface area contributed by atoms with Gasteiger partial charge < -0.3 is 10.1 Å². The first-order chi connectivity index (χ1) is 13.3. The van der Waals surface area contributed by atoms with Crippen molar-refractivity contribution in [3.8, 4) is 0 Å². The van der Waals surface area contributed by atoms with E-state index in [4.69, 9.17) is 16.3 Å². The molecule has 2 rings (SSSR count). The number of ether oxygens (including phenoxy) is 1. The Hall–Kier alpha value is -2.09. The van der Waals surface area contributed by atoms with Crippen LogP contribution < -0.4 is 9.62 Å². The molecule has 152 valence electrons. The van der Waals surface area contributed by atoms with E-state index in [0.29, 0.717) is 35.8 Å². The van der Waals surface area contributed by atoms with Gasteiger partial charge in [-0.25, -0.2) is 8.42 Å². The molecule has 0 bridgehead atoms. The van der Waals surface area contributed by atoms with Crippen LogP contribution in [0.1, 0.15) is 17.5 Å². The molecule has 0 aliphatic carbocycles. The zero-order chi connectivity index (χ0) is 20.7. The Labute approximate surface area is 171 Å². The molecule has 8 heteroatoms. The van der Waals surface area contributed by atoms with Crippen molar-refractivity contribution in [1.29, 1.82) is 0 Å². The van der Waals surface area contributed by atoms with Gasteiger partial charge in [0.25, 0.3) is 10.0 Å². The monoisotopic (exact) mass is 424 g/mol. The molecule has 0 saturated heterocycles. The van der Waals surface area contributed by atoms with Crippen molar-refractivity contribution in [3.05, 3.63) is 58.6 Å². The lowest BCUT2D eigenvalue weighted by molar-refractivity contribution is -0.119. The normalized spacial score (nSPS) is 11.3. The van der Waals surface area contributed by atoms with Crippen molar-refractivity contribution >= 4 is 33.2 Å². The lowest BCUT2D eigenvalue weighted by Gasteiger charge is -2.26. The van der Waals surface area contributed by atoms with Crippen LogP contribution in [0.25, 0.3) is 0 Å². The number of hydrogen-bond donors (Lipinski definition) is 1. The molecule has 0 aliphatic heterocycles. The summed E-state index contributed by atoms with van der Waals surface area (Å²) in [6.07, 6.45) is 0.646. The highest BCUT2D eigenvalue weighted by Crippen LogP contribution is 2.28. The van der Waals surface area contributed by atoms with E-state index in [1.807, 2.05) is 6.92 Å². The first-order valence-corrected chi connectivity index (χ1v) is 10.7. The minimum absolute atomic E-state index is 0.125. The van der Waals surface area contributed by atoms with E-state index >= 15 is 0 Å². The van der Waals surface area contributed by atoms with Gasteiger partial charge in [-0.1, -0.05) is 29.3 Å². The van der Waals surface area contributed by atoms with Crippen molar-refractivity contribution in [2.75, 3.05) is 31.1 Å². The summed E-state index contributed by atoms with van der Waals surface area (Å²) < 4.78 is 32.6. The smallest absolute Gasteiger partial charge is 0.264 e. The molecule has 0 fully saturated rings. The van der Waals surface area contributed by atoms with Crippen LogP contribution in [0.4, 0.5) is 5.69 Å². The Morgan fingerprint density at radius 3 is 2.43 bits per heavy atom. The first kappa shape index (κ1) is 22.2. The average molecular weight is 425 g/mol. The van der Waals surface area contributed by atoms with E-state index in [2.05, 4.69) is 5.32 Å². The Balaban J connectivity index is 2.35. The van der Waals surface area contributed by atoms with Crippen molar-refractivity contribution < 1.29 is 17.9 Å². The molecule has 6 nitrogen and oxygen atoms in total. The topological polar surface area (TPSA) is 75.7 Å². The number of sulfonamides is 1. The van der Waals surface area contributed by atoms with Crippen molar-refractivity contribution in [1.82, 2.24) is 5.32 Å². The Morgan fingerprint density at radius 2 is 1.82 bits per heavy atom. The highest BCUT2D eigenvalue weighted by molar-refractivity contribution is 7.92. The van der Waals surface area contributed by atoms with Gasteiger partial charge in [0.15, 0.2) is 0 Å². The predicted molar refractivity (Wildman–Crippen MR) is 111 cm³/mol. The summed E-state index contributed by atoms with van der Waals surface area (Å²) in [4.78, 5) is 12.5. The van der Waals surface area contributed by atoms with Gasteiger partial charge in [0.1, 0.15) is 6.54 Å². The molecule has 1 N–H and O–H groups in total. The van der Waals surface area contributed by atoms with Gasteiger partial charge >= 0.3 is 0 Å². The number of hydrogen-bond acceptors (Lipinski definition) is 4. The Bertz CT molecular complexity index is 914. The van der Waals surface area contributed by atoms with Crippen molar-refractivity contribution in [2.45, 2.75) is 25.2 Å². The summed E-state index contributed by atoms with van der Waals surface area (Å²) in [6, 6.07) is 11.4. The maximum Gasteiger partial charge on any atom is 0.264 e. The minimum atomic E-state index is -3.93. The molecule has 0 spiro atoms. The molecule has 2 aromatic carbocycles. The number of benzene rings is 2. The number of nitrogens with zero attached hydrogens (tertiary/aromatic N) is 1. The summed E-state index contributed by atoms with van der Waals surface area (Å²) in [6.45, 7) is 4.23. The average Bonchev–Trinajstić information content (AvgIpc) is 2.64. The fraction of sp³-hybridized carbons (Fsp3) is 0.350. The second-order valence-corrected chi connectivity index (χ2v) is 8.75. The molecular weight excluding hydrogens is 400 g/mol. The van der Waals surface area contributed by atoms with Gasteiger partial charge in [-0.2, -0.15) is 0 Å². The lowest BCUT2D eigenvalue weighted by Crippen LogP contribution is -2.41. The zero-order valence-electron chi connectivity index (χ0n) is 16.2. The summed E-state index contributed by atoms with van der Waals surface area (Å²) in [5.74, 6) is -0.388. The number of carbonyl (C=O) groups excluding carboxylic acids is 1. The third-order valence-electron chi connectivity index (χ3n) is 4.17. The zero-order valence-corrected chi connectivity index (χ0v) is 17.8. The van der Waals surface area contributed by atoms with Crippen LogP contribution >= 0.6 is 11.6 Å². The standard InChI is InChI=1S/C20H25ClN2O4S/c1-15-5-8-18(9-6-15)28(25,26)23(14-20(24)22-11-4-12-27-3)19-10-7-17(21)13-16(19)2/h5-10,13H,4,11-12,14H2,1-3H3,(H,22,24). The van der Waals surface area contributed by atoms with E-state index in [-0.39, 0.29) is 17.3 Å². The van der Waals surface area contributed by atoms with Crippen LogP contribution in [0.2, 0.25) is 5.02 Å². The molecule has 1 amide bonds. The largest absolute Gasteiger partial charge is 0.385 e. The SMILES string of the molecule is COCCCNC(=O)CN(c1ccc(Cl)cc1C)S(=O)(=O)c1ccc(C)cc1. The Kier molecular flexibility index (Phi) is 7.86. The number of carbonyl (C=O) groups is 1. The highest BCUT2D eigenvalue weighted by Gasteiger charge is 2.28. The maximum absolute atomic E-state index is 13.3. The van der Waals surface area contributed by atoms with Crippen LogP contribution in [0.3, 0.4) is 0 Å². The molecular formula is C20H25ClN2O4S. The number of methoxy groups -OCH3 is 1. The first-order valence-electron chi connectivity index (χ1n) is 8.87. The quantitative estimate of drug-likeness (QED) is 0.626. The molecule has 0 atom stereocenters. The van der Waals surface area contributed by atoms with E-state index in [0.717, 1.165) is 9.87 Å². The van der Waals surface area contributed by atoms with E-state index < -0.39 is 10.0 Å². The molecule has 0 unspecified atom stereocenters. The summed E-state index contributed by atoms with van der Waals surface area (Å²) in [5, 5.41) is 3.23. The second kappa shape index (κ2) is 9.91. The molecule has 0 aromatic heterocycles. The van der Waals surface area contributed by atoms with Crippen LogP contribution in [0, 0.1) is 13.8 Å². The molecule has 0 aliphatic rings. The fourth-order valence-electron chi connectivity index (χ4n) is 2.67. The highest BCUT2D eigenvalue weighted by atomic mass is 35.5. The molecule has 2 aromatic rings. The van der Waals surface area contributed by atoms with Gasteiger partial charge in [0, 0.05) is 25.3 Å². The van der Waals surface area contributed by atoms with Crippen molar-refractivity contribution in [2.24, 2.45) is 0 Å². The third kappa shape index (κ3) is 5.70. The number of nitrogens with one attached hydrogen (secondary N) is 1. The fourth-order valence-corrected chi connectivity index (χ4v) is 4.38. The van der Waals surface area contributed by atoms with Gasteiger partial charge in [-0.15, -0.1) is 0 Å². The van der Waals surface area contributed by atoms with Crippen molar-refractivity contribution in [3.63, 3.8) is 0 Å². The Morgan fingerprint density at radius 1 is 1.14 bits per heavy atom. The number of aryl methyl sites for hydroxylation is 2. The number of anilines is 1.